The summed E-state index contributed by atoms with van der Waals surface area (Å²) in [5.74, 6) is -0.335. The minimum absolute atomic E-state index is 0.00816. The Bertz CT molecular complexity index is 1090. The van der Waals surface area contributed by atoms with Crippen molar-refractivity contribution in [1.82, 2.24) is 9.78 Å². The molecule has 0 radical (unpaired) electrons. The molecule has 0 saturated heterocycles. The Morgan fingerprint density at radius 3 is 2.44 bits per heavy atom. The second kappa shape index (κ2) is 7.34. The van der Waals surface area contributed by atoms with E-state index in [4.69, 9.17) is 9.88 Å². The van der Waals surface area contributed by atoms with Gasteiger partial charge in [0.1, 0.15) is 5.69 Å². The molecule has 3 rings (SSSR count). The number of ether oxygens (including phenoxy) is 1. The first-order valence-corrected chi connectivity index (χ1v) is 9.53. The zero-order valence-electron chi connectivity index (χ0n) is 14.6. The first-order chi connectivity index (χ1) is 12.8. The van der Waals surface area contributed by atoms with Gasteiger partial charge in [-0.3, -0.25) is 4.68 Å². The molecule has 0 spiro atoms. The Morgan fingerprint density at radius 2 is 1.89 bits per heavy atom. The molecule has 0 aliphatic carbocycles. The van der Waals surface area contributed by atoms with Gasteiger partial charge in [0.15, 0.2) is 11.6 Å². The van der Waals surface area contributed by atoms with E-state index in [0.717, 1.165) is 0 Å². The molecule has 1 heterocycles. The fourth-order valence-corrected chi connectivity index (χ4v) is 3.22. The standard InChI is InChI=1S/C19H18FN3O3S/c1-3-10-23-12-16(14-6-9-18(26-2)17(20)11-14)19(22-23)13-4-7-15(8-5-13)27(21,24)25/h3-9,11-12H,1,10H2,2H3,(H2,21,24,25). The molecule has 2 N–H and O–H groups in total. The van der Waals surface area contributed by atoms with Crippen LogP contribution in [0.4, 0.5) is 4.39 Å². The molecule has 0 aliphatic rings. The summed E-state index contributed by atoms with van der Waals surface area (Å²) in [4.78, 5) is 0.00816. The van der Waals surface area contributed by atoms with Crippen LogP contribution in [0.15, 0.2) is 66.2 Å². The van der Waals surface area contributed by atoms with Crippen molar-refractivity contribution in [3.63, 3.8) is 0 Å². The van der Waals surface area contributed by atoms with Crippen molar-refractivity contribution in [2.24, 2.45) is 5.14 Å². The Labute approximate surface area is 156 Å². The number of rotatable bonds is 6. The normalized spacial score (nSPS) is 11.4. The lowest BCUT2D eigenvalue weighted by atomic mass is 10.0. The van der Waals surface area contributed by atoms with E-state index in [9.17, 15) is 12.8 Å². The molecule has 2 aromatic carbocycles. The topological polar surface area (TPSA) is 87.2 Å². The number of hydrogen-bond donors (Lipinski definition) is 1. The molecule has 8 heteroatoms. The van der Waals surface area contributed by atoms with Crippen molar-refractivity contribution >= 4 is 10.0 Å². The summed E-state index contributed by atoms with van der Waals surface area (Å²) in [6.45, 7) is 4.17. The Morgan fingerprint density at radius 1 is 1.22 bits per heavy atom. The highest BCUT2D eigenvalue weighted by atomic mass is 32.2. The number of nitrogens with two attached hydrogens (primary N) is 1. The SMILES string of the molecule is C=CCn1cc(-c2ccc(OC)c(F)c2)c(-c2ccc(S(N)(=O)=O)cc2)n1. The third-order valence-corrected chi connectivity index (χ3v) is 4.93. The van der Waals surface area contributed by atoms with Gasteiger partial charge in [-0.25, -0.2) is 17.9 Å². The Balaban J connectivity index is 2.12. The fourth-order valence-electron chi connectivity index (χ4n) is 2.71. The molecule has 0 amide bonds. The molecule has 0 atom stereocenters. The van der Waals surface area contributed by atoms with Crippen LogP contribution in [0.5, 0.6) is 5.75 Å². The summed E-state index contributed by atoms with van der Waals surface area (Å²) in [5.41, 5.74) is 2.58. The van der Waals surface area contributed by atoms with Crippen LogP contribution in [0.1, 0.15) is 0 Å². The molecule has 0 aliphatic heterocycles. The van der Waals surface area contributed by atoms with Crippen molar-refractivity contribution in [2.45, 2.75) is 11.4 Å². The largest absolute Gasteiger partial charge is 0.494 e. The third kappa shape index (κ3) is 3.91. The van der Waals surface area contributed by atoms with Gasteiger partial charge in [0, 0.05) is 17.3 Å². The molecular formula is C19H18FN3O3S. The highest BCUT2D eigenvalue weighted by molar-refractivity contribution is 7.89. The summed E-state index contributed by atoms with van der Waals surface area (Å²) in [6.07, 6.45) is 3.48. The van der Waals surface area contributed by atoms with Gasteiger partial charge < -0.3 is 4.74 Å². The van der Waals surface area contributed by atoms with E-state index in [0.29, 0.717) is 28.9 Å². The van der Waals surface area contributed by atoms with Crippen LogP contribution in [0.25, 0.3) is 22.4 Å². The summed E-state index contributed by atoms with van der Waals surface area (Å²) >= 11 is 0. The van der Waals surface area contributed by atoms with Crippen LogP contribution in [0, 0.1) is 5.82 Å². The minimum Gasteiger partial charge on any atom is -0.494 e. The molecule has 0 fully saturated rings. The van der Waals surface area contributed by atoms with Crippen molar-refractivity contribution in [3.8, 4) is 28.1 Å². The minimum atomic E-state index is -3.78. The van der Waals surface area contributed by atoms with Crippen LogP contribution < -0.4 is 9.88 Å². The molecule has 3 aromatic rings. The van der Waals surface area contributed by atoms with Gasteiger partial charge in [0.2, 0.25) is 10.0 Å². The average Bonchev–Trinajstić information content (AvgIpc) is 3.05. The van der Waals surface area contributed by atoms with Gasteiger partial charge in [-0.05, 0) is 29.8 Å². The highest BCUT2D eigenvalue weighted by Gasteiger charge is 2.16. The van der Waals surface area contributed by atoms with Gasteiger partial charge in [0.05, 0.1) is 18.6 Å². The van der Waals surface area contributed by atoms with Crippen molar-refractivity contribution in [3.05, 3.63) is 67.1 Å². The van der Waals surface area contributed by atoms with E-state index in [1.807, 2.05) is 0 Å². The lowest BCUT2D eigenvalue weighted by Gasteiger charge is -2.06. The van der Waals surface area contributed by atoms with E-state index >= 15 is 0 Å². The molecule has 140 valence electrons. The predicted molar refractivity (Wildman–Crippen MR) is 101 cm³/mol. The van der Waals surface area contributed by atoms with E-state index in [-0.39, 0.29) is 10.6 Å². The fraction of sp³-hybridized carbons (Fsp3) is 0.105. The van der Waals surface area contributed by atoms with Crippen molar-refractivity contribution < 1.29 is 17.5 Å². The third-order valence-electron chi connectivity index (χ3n) is 4.00. The van der Waals surface area contributed by atoms with E-state index < -0.39 is 15.8 Å². The van der Waals surface area contributed by atoms with Gasteiger partial charge in [-0.15, -0.1) is 6.58 Å². The first-order valence-electron chi connectivity index (χ1n) is 7.99. The first kappa shape index (κ1) is 18.8. The number of nitrogens with zero attached hydrogens (tertiary/aromatic N) is 2. The van der Waals surface area contributed by atoms with Gasteiger partial charge in [0.25, 0.3) is 0 Å². The molecule has 0 saturated carbocycles. The lowest BCUT2D eigenvalue weighted by Crippen LogP contribution is -2.11. The predicted octanol–water partition coefficient (Wildman–Crippen LogP) is 3.20. The van der Waals surface area contributed by atoms with Gasteiger partial charge >= 0.3 is 0 Å². The average molecular weight is 387 g/mol. The maximum absolute atomic E-state index is 14.2. The Kier molecular flexibility index (Phi) is 5.11. The Hall–Kier alpha value is -2.97. The summed E-state index contributed by atoms with van der Waals surface area (Å²) < 4.78 is 43.7. The number of hydrogen-bond acceptors (Lipinski definition) is 4. The van der Waals surface area contributed by atoms with Crippen molar-refractivity contribution in [2.75, 3.05) is 7.11 Å². The zero-order chi connectivity index (χ0) is 19.6. The maximum atomic E-state index is 14.2. The summed E-state index contributed by atoms with van der Waals surface area (Å²) in [6, 6.07) is 10.7. The molecule has 1 aromatic heterocycles. The molecule has 0 bridgehead atoms. The number of halogens is 1. The van der Waals surface area contributed by atoms with Crippen LogP contribution in [-0.2, 0) is 16.6 Å². The van der Waals surface area contributed by atoms with E-state index in [2.05, 4.69) is 11.7 Å². The van der Waals surface area contributed by atoms with Gasteiger partial charge in [-0.1, -0.05) is 24.3 Å². The zero-order valence-corrected chi connectivity index (χ0v) is 15.4. The number of methoxy groups -OCH3 is 1. The molecule has 0 unspecified atom stereocenters. The second-order valence-electron chi connectivity index (χ2n) is 5.82. The van der Waals surface area contributed by atoms with E-state index in [1.54, 1.807) is 41.2 Å². The molecule has 6 nitrogen and oxygen atoms in total. The summed E-state index contributed by atoms with van der Waals surface area (Å²) in [7, 11) is -2.38. The lowest BCUT2D eigenvalue weighted by molar-refractivity contribution is 0.386. The van der Waals surface area contributed by atoms with Crippen LogP contribution in [0.3, 0.4) is 0 Å². The second-order valence-corrected chi connectivity index (χ2v) is 7.38. The number of benzene rings is 2. The van der Waals surface area contributed by atoms with Crippen LogP contribution in [0.2, 0.25) is 0 Å². The number of sulfonamides is 1. The number of primary sulfonamides is 1. The van der Waals surface area contributed by atoms with Crippen LogP contribution in [-0.4, -0.2) is 25.3 Å². The monoisotopic (exact) mass is 387 g/mol. The van der Waals surface area contributed by atoms with Crippen LogP contribution >= 0.6 is 0 Å². The number of aromatic nitrogens is 2. The smallest absolute Gasteiger partial charge is 0.238 e. The maximum Gasteiger partial charge on any atom is 0.238 e. The molecular weight excluding hydrogens is 369 g/mol. The summed E-state index contributed by atoms with van der Waals surface area (Å²) in [5, 5.41) is 9.66. The van der Waals surface area contributed by atoms with Gasteiger partial charge in [-0.2, -0.15) is 5.10 Å². The number of allylic oxidation sites excluding steroid dienone is 1. The highest BCUT2D eigenvalue weighted by Crippen LogP contribution is 2.33. The quantitative estimate of drug-likeness (QED) is 0.658. The van der Waals surface area contributed by atoms with E-state index in [1.165, 1.54) is 25.3 Å². The molecule has 27 heavy (non-hydrogen) atoms. The van der Waals surface area contributed by atoms with Crippen molar-refractivity contribution in [1.29, 1.82) is 0 Å².